The zero-order chi connectivity index (χ0) is 11.9. The van der Waals surface area contributed by atoms with Crippen LogP contribution >= 0.6 is 11.3 Å². The number of thiophene rings is 1. The zero-order valence-electron chi connectivity index (χ0n) is 9.17. The van der Waals surface area contributed by atoms with E-state index in [0.29, 0.717) is 6.54 Å². The molecule has 0 unspecified atom stereocenters. The molecule has 2 heterocycles. The highest BCUT2D eigenvalue weighted by Crippen LogP contribution is 2.09. The quantitative estimate of drug-likeness (QED) is 0.839. The number of carbonyl (C=O) groups excluding carboxylic acids is 1. The summed E-state index contributed by atoms with van der Waals surface area (Å²) in [6, 6.07) is 7.68. The molecule has 17 heavy (non-hydrogen) atoms. The SMILES string of the molecule is O=C(/C=C/c1cccs1)NCc1ccncc1. The van der Waals surface area contributed by atoms with E-state index in [2.05, 4.69) is 10.3 Å². The summed E-state index contributed by atoms with van der Waals surface area (Å²) in [6.45, 7) is 0.524. The van der Waals surface area contributed by atoms with Crippen LogP contribution in [-0.4, -0.2) is 10.9 Å². The molecule has 2 aromatic rings. The van der Waals surface area contributed by atoms with Crippen LogP contribution in [0.1, 0.15) is 10.4 Å². The van der Waals surface area contributed by atoms with E-state index in [9.17, 15) is 4.79 Å². The van der Waals surface area contributed by atoms with Crippen LogP contribution in [0.3, 0.4) is 0 Å². The van der Waals surface area contributed by atoms with Crippen molar-refractivity contribution in [2.45, 2.75) is 6.54 Å². The van der Waals surface area contributed by atoms with E-state index in [-0.39, 0.29) is 5.91 Å². The molecule has 3 nitrogen and oxygen atoms in total. The largest absolute Gasteiger partial charge is 0.348 e. The number of nitrogens with one attached hydrogen (secondary N) is 1. The first kappa shape index (κ1) is 11.5. The normalized spacial score (nSPS) is 10.6. The molecule has 0 aliphatic carbocycles. The lowest BCUT2D eigenvalue weighted by molar-refractivity contribution is -0.116. The van der Waals surface area contributed by atoms with Crippen molar-refractivity contribution in [2.75, 3.05) is 0 Å². The molecule has 1 amide bonds. The van der Waals surface area contributed by atoms with Crippen molar-refractivity contribution in [3.05, 3.63) is 58.6 Å². The molecular weight excluding hydrogens is 232 g/mol. The molecule has 0 bridgehead atoms. The number of carbonyl (C=O) groups is 1. The summed E-state index contributed by atoms with van der Waals surface area (Å²) in [5.74, 6) is -0.0878. The Labute approximate surface area is 104 Å². The highest BCUT2D eigenvalue weighted by Gasteiger charge is 1.96. The van der Waals surface area contributed by atoms with Crippen molar-refractivity contribution in [3.63, 3.8) is 0 Å². The molecule has 0 radical (unpaired) electrons. The van der Waals surface area contributed by atoms with Gasteiger partial charge in [0.05, 0.1) is 0 Å². The second-order valence-electron chi connectivity index (χ2n) is 3.42. The number of pyridine rings is 1. The minimum absolute atomic E-state index is 0.0878. The zero-order valence-corrected chi connectivity index (χ0v) is 9.98. The van der Waals surface area contributed by atoms with Crippen LogP contribution in [0, 0.1) is 0 Å². The molecule has 86 valence electrons. The number of nitrogens with zero attached hydrogens (tertiary/aromatic N) is 1. The van der Waals surface area contributed by atoms with Crippen LogP contribution in [0.2, 0.25) is 0 Å². The third-order valence-electron chi connectivity index (χ3n) is 2.16. The van der Waals surface area contributed by atoms with E-state index < -0.39 is 0 Å². The summed E-state index contributed by atoms with van der Waals surface area (Å²) in [6.07, 6.45) is 6.78. The van der Waals surface area contributed by atoms with Crippen LogP contribution in [-0.2, 0) is 11.3 Å². The molecule has 0 atom stereocenters. The minimum Gasteiger partial charge on any atom is -0.348 e. The van der Waals surface area contributed by atoms with Crippen molar-refractivity contribution in [1.82, 2.24) is 10.3 Å². The van der Waals surface area contributed by atoms with Gasteiger partial charge in [0, 0.05) is 29.9 Å². The van der Waals surface area contributed by atoms with Crippen LogP contribution in [0.25, 0.3) is 6.08 Å². The predicted molar refractivity (Wildman–Crippen MR) is 69.4 cm³/mol. The molecule has 2 rings (SSSR count). The highest BCUT2D eigenvalue weighted by molar-refractivity contribution is 7.10. The molecule has 0 spiro atoms. The highest BCUT2D eigenvalue weighted by atomic mass is 32.1. The van der Waals surface area contributed by atoms with E-state index in [1.54, 1.807) is 29.8 Å². The third-order valence-corrected chi connectivity index (χ3v) is 3.00. The number of hydrogen-bond acceptors (Lipinski definition) is 3. The van der Waals surface area contributed by atoms with Gasteiger partial charge in [-0.3, -0.25) is 9.78 Å². The van der Waals surface area contributed by atoms with Crippen LogP contribution in [0.5, 0.6) is 0 Å². The van der Waals surface area contributed by atoms with E-state index in [1.165, 1.54) is 0 Å². The Morgan fingerprint density at radius 2 is 2.18 bits per heavy atom. The summed E-state index contributed by atoms with van der Waals surface area (Å²) >= 11 is 1.60. The topological polar surface area (TPSA) is 42.0 Å². The van der Waals surface area contributed by atoms with Gasteiger partial charge in [0.15, 0.2) is 0 Å². The molecular formula is C13H12N2OS. The molecule has 4 heteroatoms. The van der Waals surface area contributed by atoms with Crippen LogP contribution in [0.15, 0.2) is 48.1 Å². The van der Waals surface area contributed by atoms with Gasteiger partial charge in [-0.25, -0.2) is 0 Å². The van der Waals surface area contributed by atoms with Gasteiger partial charge in [-0.05, 0) is 35.2 Å². The maximum Gasteiger partial charge on any atom is 0.244 e. The molecule has 0 saturated heterocycles. The number of amides is 1. The number of aromatic nitrogens is 1. The van der Waals surface area contributed by atoms with E-state index in [4.69, 9.17) is 0 Å². The minimum atomic E-state index is -0.0878. The van der Waals surface area contributed by atoms with Crippen molar-refractivity contribution < 1.29 is 4.79 Å². The van der Waals surface area contributed by atoms with Crippen molar-refractivity contribution >= 4 is 23.3 Å². The Bertz CT molecular complexity index is 491. The molecule has 0 fully saturated rings. The van der Waals surface area contributed by atoms with Gasteiger partial charge in [-0.2, -0.15) is 0 Å². The maximum absolute atomic E-state index is 11.5. The fraction of sp³-hybridized carbons (Fsp3) is 0.0769. The Morgan fingerprint density at radius 3 is 2.88 bits per heavy atom. The lowest BCUT2D eigenvalue weighted by Crippen LogP contribution is -2.20. The van der Waals surface area contributed by atoms with E-state index in [0.717, 1.165) is 10.4 Å². The van der Waals surface area contributed by atoms with Crippen LogP contribution < -0.4 is 5.32 Å². The molecule has 1 N–H and O–H groups in total. The Kier molecular flexibility index (Phi) is 4.05. The van der Waals surface area contributed by atoms with Crippen molar-refractivity contribution in [2.24, 2.45) is 0 Å². The summed E-state index contributed by atoms with van der Waals surface area (Å²) in [5, 5.41) is 4.79. The van der Waals surface area contributed by atoms with Gasteiger partial charge in [0.1, 0.15) is 0 Å². The molecule has 2 aromatic heterocycles. The predicted octanol–water partition coefficient (Wildman–Crippen LogP) is 2.47. The first-order valence-corrected chi connectivity index (χ1v) is 6.11. The smallest absolute Gasteiger partial charge is 0.244 e. The fourth-order valence-electron chi connectivity index (χ4n) is 1.29. The number of hydrogen-bond donors (Lipinski definition) is 1. The molecule has 0 aliphatic rings. The summed E-state index contributed by atoms with van der Waals surface area (Å²) in [4.78, 5) is 16.5. The maximum atomic E-state index is 11.5. The summed E-state index contributed by atoms with van der Waals surface area (Å²) in [7, 11) is 0. The van der Waals surface area contributed by atoms with Crippen molar-refractivity contribution in [3.8, 4) is 0 Å². The molecule has 0 aliphatic heterocycles. The standard InChI is InChI=1S/C13H12N2OS/c16-13(4-3-12-2-1-9-17-12)15-10-11-5-7-14-8-6-11/h1-9H,10H2,(H,15,16)/b4-3+. The number of rotatable bonds is 4. The first-order chi connectivity index (χ1) is 8.34. The van der Waals surface area contributed by atoms with E-state index in [1.807, 2.05) is 35.7 Å². The third kappa shape index (κ3) is 3.85. The fourth-order valence-corrected chi connectivity index (χ4v) is 1.91. The van der Waals surface area contributed by atoms with Gasteiger partial charge >= 0.3 is 0 Å². The van der Waals surface area contributed by atoms with Gasteiger partial charge < -0.3 is 5.32 Å². The Hall–Kier alpha value is -1.94. The van der Waals surface area contributed by atoms with Gasteiger partial charge in [-0.15, -0.1) is 11.3 Å². The van der Waals surface area contributed by atoms with Crippen LogP contribution in [0.4, 0.5) is 0 Å². The Balaban J connectivity index is 1.82. The molecule has 0 saturated carbocycles. The Morgan fingerprint density at radius 1 is 1.35 bits per heavy atom. The second kappa shape index (κ2) is 5.96. The van der Waals surface area contributed by atoms with Crippen molar-refractivity contribution in [1.29, 1.82) is 0 Å². The molecule has 0 aromatic carbocycles. The monoisotopic (exact) mass is 244 g/mol. The lowest BCUT2D eigenvalue weighted by Gasteiger charge is -2.01. The van der Waals surface area contributed by atoms with E-state index >= 15 is 0 Å². The average molecular weight is 244 g/mol. The summed E-state index contributed by atoms with van der Waals surface area (Å²) in [5.41, 5.74) is 1.04. The lowest BCUT2D eigenvalue weighted by atomic mass is 10.3. The van der Waals surface area contributed by atoms with Gasteiger partial charge in [-0.1, -0.05) is 6.07 Å². The second-order valence-corrected chi connectivity index (χ2v) is 4.40. The van der Waals surface area contributed by atoms with Gasteiger partial charge in [0.25, 0.3) is 0 Å². The average Bonchev–Trinajstić information content (AvgIpc) is 2.88. The van der Waals surface area contributed by atoms with Gasteiger partial charge in [0.2, 0.25) is 5.91 Å². The first-order valence-electron chi connectivity index (χ1n) is 5.23. The summed E-state index contributed by atoms with van der Waals surface area (Å²) < 4.78 is 0.